The van der Waals surface area contributed by atoms with Gasteiger partial charge < -0.3 is 9.72 Å². The molecule has 1 atom stereocenters. The van der Waals surface area contributed by atoms with Crippen molar-refractivity contribution in [3.63, 3.8) is 0 Å². The number of aromatic nitrogens is 1. The first-order valence-corrected chi connectivity index (χ1v) is 8.39. The standard InChI is InChI=1S/C20H23NO3/c1-11(2)24-20(23)19-13(4)18-16(21-19)9-15(10-17(18)22)14-7-5-12(3)6-8-14/h5-8,11,15,21H,9-10H2,1-4H3/t15-/m1/s1. The molecule has 2 aromatic rings. The monoisotopic (exact) mass is 325 g/mol. The lowest BCUT2D eigenvalue weighted by atomic mass is 9.81. The third-order valence-corrected chi connectivity index (χ3v) is 4.58. The SMILES string of the molecule is Cc1ccc([C@H]2CC(=O)c3c([nH]c(C(=O)OC(C)C)c3C)C2)cc1. The van der Waals surface area contributed by atoms with E-state index in [2.05, 4.69) is 36.2 Å². The van der Waals surface area contributed by atoms with Crippen molar-refractivity contribution in [1.29, 1.82) is 0 Å². The zero-order valence-corrected chi connectivity index (χ0v) is 14.6. The van der Waals surface area contributed by atoms with Crippen molar-refractivity contribution in [1.82, 2.24) is 4.98 Å². The first-order chi connectivity index (χ1) is 11.4. The Labute approximate surface area is 142 Å². The average Bonchev–Trinajstić information content (AvgIpc) is 2.85. The predicted octanol–water partition coefficient (Wildman–Crippen LogP) is 4.11. The summed E-state index contributed by atoms with van der Waals surface area (Å²) in [4.78, 5) is 28.0. The highest BCUT2D eigenvalue weighted by Gasteiger charge is 2.32. The number of hydrogen-bond donors (Lipinski definition) is 1. The van der Waals surface area contributed by atoms with Crippen LogP contribution in [0.5, 0.6) is 0 Å². The number of ether oxygens (including phenoxy) is 1. The highest BCUT2D eigenvalue weighted by atomic mass is 16.5. The molecule has 1 aromatic carbocycles. The fourth-order valence-corrected chi connectivity index (χ4v) is 3.38. The molecule has 0 fully saturated rings. The van der Waals surface area contributed by atoms with Gasteiger partial charge in [0.2, 0.25) is 0 Å². The zero-order chi connectivity index (χ0) is 17.4. The molecule has 0 unspecified atom stereocenters. The van der Waals surface area contributed by atoms with Gasteiger partial charge in [0.15, 0.2) is 5.78 Å². The molecule has 1 heterocycles. The normalized spacial score (nSPS) is 17.0. The molecular weight excluding hydrogens is 302 g/mol. The van der Waals surface area contributed by atoms with E-state index in [0.717, 1.165) is 17.7 Å². The summed E-state index contributed by atoms with van der Waals surface area (Å²) in [5, 5.41) is 0. The lowest BCUT2D eigenvalue weighted by Crippen LogP contribution is -2.18. The molecular formula is C20H23NO3. The number of carbonyl (C=O) groups excluding carboxylic acids is 2. The van der Waals surface area contributed by atoms with Crippen LogP contribution in [-0.2, 0) is 11.2 Å². The van der Waals surface area contributed by atoms with Crippen LogP contribution in [0.1, 0.15) is 69.4 Å². The number of nitrogens with one attached hydrogen (secondary N) is 1. The highest BCUT2D eigenvalue weighted by molar-refractivity contribution is 6.03. The summed E-state index contributed by atoms with van der Waals surface area (Å²) >= 11 is 0. The minimum absolute atomic E-state index is 0.0965. The van der Waals surface area contributed by atoms with Crippen molar-refractivity contribution >= 4 is 11.8 Å². The van der Waals surface area contributed by atoms with E-state index in [4.69, 9.17) is 4.74 Å². The summed E-state index contributed by atoms with van der Waals surface area (Å²) in [5.41, 5.74) is 5.02. The van der Waals surface area contributed by atoms with E-state index in [0.29, 0.717) is 23.2 Å². The number of ketones is 1. The predicted molar refractivity (Wildman–Crippen MR) is 92.7 cm³/mol. The van der Waals surface area contributed by atoms with E-state index < -0.39 is 5.97 Å². The summed E-state index contributed by atoms with van der Waals surface area (Å²) < 4.78 is 5.27. The number of aryl methyl sites for hydroxylation is 1. The van der Waals surface area contributed by atoms with E-state index >= 15 is 0 Å². The Morgan fingerprint density at radius 2 is 1.83 bits per heavy atom. The summed E-state index contributed by atoms with van der Waals surface area (Å²) in [6, 6.07) is 8.31. The van der Waals surface area contributed by atoms with Gasteiger partial charge in [-0.25, -0.2) is 4.79 Å². The van der Waals surface area contributed by atoms with Crippen LogP contribution < -0.4 is 0 Å². The second-order valence-electron chi connectivity index (χ2n) is 6.87. The first-order valence-electron chi connectivity index (χ1n) is 8.39. The number of Topliss-reactive ketones (excluding diaryl/α,β-unsaturated/α-hetero) is 1. The van der Waals surface area contributed by atoms with E-state index in [9.17, 15) is 9.59 Å². The Balaban J connectivity index is 1.92. The van der Waals surface area contributed by atoms with Crippen molar-refractivity contribution in [3.8, 4) is 0 Å². The lowest BCUT2D eigenvalue weighted by Gasteiger charge is -2.22. The van der Waals surface area contributed by atoms with Gasteiger partial charge in [-0.1, -0.05) is 29.8 Å². The molecule has 4 heteroatoms. The van der Waals surface area contributed by atoms with Gasteiger partial charge in [0.05, 0.1) is 6.10 Å². The average molecular weight is 325 g/mol. The summed E-state index contributed by atoms with van der Waals surface area (Å²) in [6.07, 6.45) is 1.03. The number of benzene rings is 1. The van der Waals surface area contributed by atoms with Crippen LogP contribution in [0.3, 0.4) is 0 Å². The van der Waals surface area contributed by atoms with E-state index in [1.807, 2.05) is 20.8 Å². The van der Waals surface area contributed by atoms with Gasteiger partial charge in [0.25, 0.3) is 0 Å². The molecule has 0 bridgehead atoms. The summed E-state index contributed by atoms with van der Waals surface area (Å²) in [6.45, 7) is 7.49. The molecule has 3 rings (SSSR count). The quantitative estimate of drug-likeness (QED) is 0.864. The topological polar surface area (TPSA) is 59.2 Å². The van der Waals surface area contributed by atoms with Crippen LogP contribution in [0, 0.1) is 13.8 Å². The van der Waals surface area contributed by atoms with Crippen molar-refractivity contribution in [2.75, 3.05) is 0 Å². The Bertz CT molecular complexity index is 784. The summed E-state index contributed by atoms with van der Waals surface area (Å²) in [7, 11) is 0. The molecule has 0 radical (unpaired) electrons. The summed E-state index contributed by atoms with van der Waals surface area (Å²) in [5.74, 6) is -0.145. The third kappa shape index (κ3) is 3.01. The number of aromatic amines is 1. The number of fused-ring (bicyclic) bond motifs is 1. The van der Waals surface area contributed by atoms with E-state index in [-0.39, 0.29) is 17.8 Å². The largest absolute Gasteiger partial charge is 0.458 e. The molecule has 24 heavy (non-hydrogen) atoms. The number of esters is 1. The number of hydrogen-bond acceptors (Lipinski definition) is 3. The van der Waals surface area contributed by atoms with Crippen LogP contribution in [0.4, 0.5) is 0 Å². The Kier molecular flexibility index (Phi) is 4.31. The maximum Gasteiger partial charge on any atom is 0.355 e. The van der Waals surface area contributed by atoms with Crippen LogP contribution in [0.25, 0.3) is 0 Å². The number of carbonyl (C=O) groups is 2. The maximum atomic E-state index is 12.6. The molecule has 0 saturated carbocycles. The van der Waals surface area contributed by atoms with Crippen LogP contribution in [-0.4, -0.2) is 22.8 Å². The number of rotatable bonds is 3. The molecule has 0 saturated heterocycles. The Morgan fingerprint density at radius 1 is 1.17 bits per heavy atom. The molecule has 126 valence electrons. The van der Waals surface area contributed by atoms with E-state index in [1.54, 1.807) is 0 Å². The highest BCUT2D eigenvalue weighted by Crippen LogP contribution is 2.35. The minimum Gasteiger partial charge on any atom is -0.458 e. The second kappa shape index (κ2) is 6.27. The minimum atomic E-state index is -0.392. The zero-order valence-electron chi connectivity index (χ0n) is 14.6. The van der Waals surface area contributed by atoms with Crippen molar-refractivity contribution in [3.05, 3.63) is 57.9 Å². The maximum absolute atomic E-state index is 12.6. The Morgan fingerprint density at radius 3 is 2.46 bits per heavy atom. The Hall–Kier alpha value is -2.36. The lowest BCUT2D eigenvalue weighted by molar-refractivity contribution is 0.0370. The molecule has 1 aromatic heterocycles. The molecule has 0 amide bonds. The molecule has 4 nitrogen and oxygen atoms in total. The van der Waals surface area contributed by atoms with Gasteiger partial charge in [0.1, 0.15) is 5.69 Å². The van der Waals surface area contributed by atoms with Crippen LogP contribution in [0.15, 0.2) is 24.3 Å². The van der Waals surface area contributed by atoms with Gasteiger partial charge in [-0.05, 0) is 51.2 Å². The van der Waals surface area contributed by atoms with Gasteiger partial charge in [-0.15, -0.1) is 0 Å². The van der Waals surface area contributed by atoms with Gasteiger partial charge in [-0.3, -0.25) is 4.79 Å². The van der Waals surface area contributed by atoms with Gasteiger partial charge in [0, 0.05) is 17.7 Å². The fraction of sp³-hybridized carbons (Fsp3) is 0.400. The molecule has 0 aliphatic heterocycles. The third-order valence-electron chi connectivity index (χ3n) is 4.58. The van der Waals surface area contributed by atoms with Crippen molar-refractivity contribution < 1.29 is 14.3 Å². The molecule has 1 aliphatic carbocycles. The first kappa shape index (κ1) is 16.5. The van der Waals surface area contributed by atoms with Crippen molar-refractivity contribution in [2.24, 2.45) is 0 Å². The van der Waals surface area contributed by atoms with Crippen molar-refractivity contribution in [2.45, 2.75) is 52.6 Å². The number of H-pyrrole nitrogens is 1. The van der Waals surface area contributed by atoms with Gasteiger partial charge >= 0.3 is 5.97 Å². The fourth-order valence-electron chi connectivity index (χ4n) is 3.38. The van der Waals surface area contributed by atoms with Crippen LogP contribution in [0.2, 0.25) is 0 Å². The molecule has 1 N–H and O–H groups in total. The second-order valence-corrected chi connectivity index (χ2v) is 6.87. The van der Waals surface area contributed by atoms with Crippen LogP contribution >= 0.6 is 0 Å². The van der Waals surface area contributed by atoms with Gasteiger partial charge in [-0.2, -0.15) is 0 Å². The molecule has 0 spiro atoms. The molecule has 1 aliphatic rings. The smallest absolute Gasteiger partial charge is 0.355 e. The van der Waals surface area contributed by atoms with E-state index in [1.165, 1.54) is 5.56 Å².